The van der Waals surface area contributed by atoms with E-state index in [9.17, 15) is 9.59 Å². The Morgan fingerprint density at radius 1 is 1.30 bits per heavy atom. The first-order chi connectivity index (χ1) is 9.47. The zero-order valence-electron chi connectivity index (χ0n) is 11.3. The quantitative estimate of drug-likeness (QED) is 0.880. The van der Waals surface area contributed by atoms with Crippen molar-refractivity contribution >= 4 is 23.3 Å². The van der Waals surface area contributed by atoms with Gasteiger partial charge in [0.2, 0.25) is 0 Å². The van der Waals surface area contributed by atoms with E-state index in [-0.39, 0.29) is 11.7 Å². The highest BCUT2D eigenvalue weighted by molar-refractivity contribution is 6.30. The summed E-state index contributed by atoms with van der Waals surface area (Å²) < 4.78 is 0. The molecule has 0 aliphatic heterocycles. The molecule has 4 nitrogen and oxygen atoms in total. The lowest BCUT2D eigenvalue weighted by molar-refractivity contribution is 0.0780. The van der Waals surface area contributed by atoms with Crippen LogP contribution in [0.25, 0.3) is 0 Å². The van der Waals surface area contributed by atoms with Gasteiger partial charge in [-0.2, -0.15) is 0 Å². The SMILES string of the molecule is CC(=O)c1c[nH]c(C(=O)N(C)Cc2cccc(Cl)c2)c1. The predicted octanol–water partition coefficient (Wildman–Crippen LogP) is 3.14. The van der Waals surface area contributed by atoms with Crippen molar-refractivity contribution < 1.29 is 9.59 Å². The van der Waals surface area contributed by atoms with Gasteiger partial charge in [-0.3, -0.25) is 9.59 Å². The van der Waals surface area contributed by atoms with Crippen LogP contribution in [0, 0.1) is 0 Å². The van der Waals surface area contributed by atoms with Crippen LogP contribution in [0.5, 0.6) is 0 Å². The Kier molecular flexibility index (Phi) is 4.25. The Morgan fingerprint density at radius 2 is 2.05 bits per heavy atom. The van der Waals surface area contributed by atoms with Crippen molar-refractivity contribution in [3.05, 3.63) is 58.4 Å². The molecule has 1 heterocycles. The molecule has 20 heavy (non-hydrogen) atoms. The van der Waals surface area contributed by atoms with Crippen LogP contribution in [0.1, 0.15) is 33.3 Å². The largest absolute Gasteiger partial charge is 0.356 e. The van der Waals surface area contributed by atoms with Crippen LogP contribution >= 0.6 is 11.6 Å². The summed E-state index contributed by atoms with van der Waals surface area (Å²) in [4.78, 5) is 27.8. The number of nitrogens with one attached hydrogen (secondary N) is 1. The predicted molar refractivity (Wildman–Crippen MR) is 78.0 cm³/mol. The average Bonchev–Trinajstić information content (AvgIpc) is 2.87. The molecule has 2 rings (SSSR count). The first-order valence-electron chi connectivity index (χ1n) is 6.16. The number of hydrogen-bond acceptors (Lipinski definition) is 2. The number of nitrogens with zero attached hydrogens (tertiary/aromatic N) is 1. The van der Waals surface area contributed by atoms with E-state index in [1.165, 1.54) is 6.92 Å². The highest BCUT2D eigenvalue weighted by Gasteiger charge is 2.15. The number of Topliss-reactive ketones (excluding diaryl/α,β-unsaturated/α-hetero) is 1. The summed E-state index contributed by atoms with van der Waals surface area (Å²) in [7, 11) is 1.71. The molecule has 0 spiro atoms. The van der Waals surface area contributed by atoms with Crippen LogP contribution in [0.4, 0.5) is 0 Å². The maximum absolute atomic E-state index is 12.2. The van der Waals surface area contributed by atoms with Crippen LogP contribution in [0.15, 0.2) is 36.5 Å². The number of H-pyrrole nitrogens is 1. The van der Waals surface area contributed by atoms with Crippen molar-refractivity contribution in [2.24, 2.45) is 0 Å². The van der Waals surface area contributed by atoms with E-state index in [0.29, 0.717) is 22.8 Å². The third kappa shape index (κ3) is 3.27. The minimum atomic E-state index is -0.169. The summed E-state index contributed by atoms with van der Waals surface area (Å²) in [6.07, 6.45) is 1.54. The molecule has 0 atom stereocenters. The summed E-state index contributed by atoms with van der Waals surface area (Å²) >= 11 is 5.92. The number of aromatic nitrogens is 1. The minimum Gasteiger partial charge on any atom is -0.356 e. The van der Waals surface area contributed by atoms with E-state index in [0.717, 1.165) is 5.56 Å². The van der Waals surface area contributed by atoms with Crippen LogP contribution < -0.4 is 0 Å². The minimum absolute atomic E-state index is 0.0715. The van der Waals surface area contributed by atoms with Gasteiger partial charge in [-0.25, -0.2) is 0 Å². The second-order valence-corrected chi connectivity index (χ2v) is 5.09. The summed E-state index contributed by atoms with van der Waals surface area (Å²) in [5.74, 6) is -0.240. The molecule has 0 aliphatic carbocycles. The molecular formula is C15H15ClN2O2. The molecule has 2 aromatic rings. The van der Waals surface area contributed by atoms with E-state index in [1.807, 2.05) is 18.2 Å². The smallest absolute Gasteiger partial charge is 0.270 e. The number of ketones is 1. The van der Waals surface area contributed by atoms with Gasteiger partial charge in [0.05, 0.1) is 0 Å². The second kappa shape index (κ2) is 5.92. The molecule has 0 saturated carbocycles. The molecule has 0 unspecified atom stereocenters. The van der Waals surface area contributed by atoms with E-state index in [1.54, 1.807) is 30.3 Å². The van der Waals surface area contributed by atoms with Crippen LogP contribution in [0.2, 0.25) is 5.02 Å². The topological polar surface area (TPSA) is 53.2 Å². The van der Waals surface area contributed by atoms with Gasteiger partial charge >= 0.3 is 0 Å². The fourth-order valence-corrected chi connectivity index (χ4v) is 2.12. The maximum Gasteiger partial charge on any atom is 0.270 e. The van der Waals surface area contributed by atoms with Crippen molar-refractivity contribution in [3.8, 4) is 0 Å². The fraction of sp³-hybridized carbons (Fsp3) is 0.200. The average molecular weight is 291 g/mol. The van der Waals surface area contributed by atoms with Crippen molar-refractivity contribution in [1.29, 1.82) is 0 Å². The Hall–Kier alpha value is -2.07. The normalized spacial score (nSPS) is 10.3. The molecule has 5 heteroatoms. The number of carbonyl (C=O) groups is 2. The number of hydrogen-bond donors (Lipinski definition) is 1. The number of amides is 1. The van der Waals surface area contributed by atoms with Gasteiger partial charge in [0, 0.05) is 30.4 Å². The van der Waals surface area contributed by atoms with Crippen molar-refractivity contribution in [2.45, 2.75) is 13.5 Å². The van der Waals surface area contributed by atoms with Crippen LogP contribution in [-0.2, 0) is 6.54 Å². The Labute approximate surface area is 122 Å². The van der Waals surface area contributed by atoms with Gasteiger partial charge in [0.25, 0.3) is 5.91 Å². The summed E-state index contributed by atoms with van der Waals surface area (Å²) in [6, 6.07) is 8.93. The molecule has 1 amide bonds. The lowest BCUT2D eigenvalue weighted by Crippen LogP contribution is -2.26. The van der Waals surface area contributed by atoms with Crippen molar-refractivity contribution in [3.63, 3.8) is 0 Å². The molecule has 0 fully saturated rings. The standard InChI is InChI=1S/C15H15ClN2O2/c1-10(19)12-7-14(17-8-12)15(20)18(2)9-11-4-3-5-13(16)6-11/h3-8,17H,9H2,1-2H3. The molecule has 104 valence electrons. The van der Waals surface area contributed by atoms with Gasteiger partial charge in [-0.15, -0.1) is 0 Å². The highest BCUT2D eigenvalue weighted by Crippen LogP contribution is 2.14. The number of rotatable bonds is 4. The summed E-state index contributed by atoms with van der Waals surface area (Å²) in [6.45, 7) is 1.92. The van der Waals surface area contributed by atoms with Crippen LogP contribution in [0.3, 0.4) is 0 Å². The first kappa shape index (κ1) is 14.3. The second-order valence-electron chi connectivity index (χ2n) is 4.65. The summed E-state index contributed by atoms with van der Waals surface area (Å²) in [5.41, 5.74) is 1.86. The third-order valence-electron chi connectivity index (χ3n) is 2.98. The van der Waals surface area contributed by atoms with Gasteiger partial charge in [0.1, 0.15) is 5.69 Å². The number of benzene rings is 1. The van der Waals surface area contributed by atoms with Gasteiger partial charge in [-0.05, 0) is 30.7 Å². The van der Waals surface area contributed by atoms with E-state index in [4.69, 9.17) is 11.6 Å². The molecule has 0 bridgehead atoms. The van der Waals surface area contributed by atoms with Crippen LogP contribution in [-0.4, -0.2) is 28.6 Å². The fourth-order valence-electron chi connectivity index (χ4n) is 1.91. The van der Waals surface area contributed by atoms with E-state index in [2.05, 4.69) is 4.98 Å². The maximum atomic E-state index is 12.2. The molecule has 1 aromatic carbocycles. The lowest BCUT2D eigenvalue weighted by atomic mass is 10.2. The molecule has 1 aromatic heterocycles. The third-order valence-corrected chi connectivity index (χ3v) is 3.21. The monoisotopic (exact) mass is 290 g/mol. The molecule has 0 saturated heterocycles. The lowest BCUT2D eigenvalue weighted by Gasteiger charge is -2.16. The van der Waals surface area contributed by atoms with E-state index < -0.39 is 0 Å². The molecule has 0 radical (unpaired) electrons. The zero-order chi connectivity index (χ0) is 14.7. The Balaban J connectivity index is 2.10. The number of halogens is 1. The first-order valence-corrected chi connectivity index (χ1v) is 6.54. The number of carbonyl (C=O) groups excluding carboxylic acids is 2. The van der Waals surface area contributed by atoms with Crippen molar-refractivity contribution in [1.82, 2.24) is 9.88 Å². The number of aromatic amines is 1. The molecule has 1 N–H and O–H groups in total. The highest BCUT2D eigenvalue weighted by atomic mass is 35.5. The Bertz CT molecular complexity index is 649. The molecule has 0 aliphatic rings. The van der Waals surface area contributed by atoms with Gasteiger partial charge in [0.15, 0.2) is 5.78 Å². The molecular weight excluding hydrogens is 276 g/mol. The van der Waals surface area contributed by atoms with E-state index >= 15 is 0 Å². The van der Waals surface area contributed by atoms with Crippen molar-refractivity contribution in [2.75, 3.05) is 7.05 Å². The van der Waals surface area contributed by atoms with Gasteiger partial charge in [-0.1, -0.05) is 23.7 Å². The zero-order valence-corrected chi connectivity index (χ0v) is 12.1. The van der Waals surface area contributed by atoms with Gasteiger partial charge < -0.3 is 9.88 Å². The summed E-state index contributed by atoms with van der Waals surface area (Å²) in [5, 5.41) is 0.641. The Morgan fingerprint density at radius 3 is 2.65 bits per heavy atom.